The van der Waals surface area contributed by atoms with Crippen molar-refractivity contribution < 1.29 is 24.2 Å². The van der Waals surface area contributed by atoms with Crippen molar-refractivity contribution in [2.24, 2.45) is 5.92 Å². The summed E-state index contributed by atoms with van der Waals surface area (Å²) in [6.07, 6.45) is 0. The highest BCUT2D eigenvalue weighted by Gasteiger charge is 2.58. The number of rotatable bonds is 5. The van der Waals surface area contributed by atoms with Crippen LogP contribution >= 0.6 is 23.2 Å². The quantitative estimate of drug-likeness (QED) is 0.561. The molecule has 2 atom stereocenters. The van der Waals surface area contributed by atoms with Crippen LogP contribution < -0.4 is 0 Å². The number of hydrogen-bond acceptors (Lipinski definition) is 8. The zero-order valence-electron chi connectivity index (χ0n) is 15.7. The van der Waals surface area contributed by atoms with Crippen LogP contribution in [0.1, 0.15) is 25.0 Å². The van der Waals surface area contributed by atoms with Crippen LogP contribution in [-0.4, -0.2) is 54.2 Å². The number of aromatic nitrogens is 1. The fraction of sp³-hybridized carbons (Fsp3) is 0.444. The molecule has 1 heterocycles. The molecule has 1 aromatic rings. The molecule has 0 amide bonds. The van der Waals surface area contributed by atoms with Crippen LogP contribution in [0.15, 0.2) is 11.6 Å². The number of nitrogens with zero attached hydrogens (tertiary/aromatic N) is 3. The van der Waals surface area contributed by atoms with E-state index in [1.807, 2.05) is 19.9 Å². The molecule has 0 fully saturated rings. The average Bonchev–Trinajstić information content (AvgIpc) is 2.68. The second-order valence-corrected chi connectivity index (χ2v) is 6.66. The van der Waals surface area contributed by atoms with Gasteiger partial charge in [-0.3, -0.25) is 4.79 Å². The van der Waals surface area contributed by atoms with E-state index >= 15 is 0 Å². The zero-order valence-corrected chi connectivity index (χ0v) is 17.3. The van der Waals surface area contributed by atoms with Gasteiger partial charge in [0.1, 0.15) is 16.2 Å². The maximum absolute atomic E-state index is 12.6. The average molecular weight is 428 g/mol. The smallest absolute Gasteiger partial charge is 0.343 e. The van der Waals surface area contributed by atoms with Crippen LogP contribution in [0.4, 0.5) is 0 Å². The number of carbonyl (C=O) groups is 2. The first-order chi connectivity index (χ1) is 13.2. The summed E-state index contributed by atoms with van der Waals surface area (Å²) in [5, 5.41) is 21.1. The Morgan fingerprint density at radius 2 is 1.93 bits per heavy atom. The largest absolute Gasteiger partial charge is 0.468 e. The number of aliphatic hydroxyl groups is 1. The van der Waals surface area contributed by atoms with Crippen LogP contribution in [0, 0.1) is 17.2 Å². The van der Waals surface area contributed by atoms with Gasteiger partial charge in [0.2, 0.25) is 5.60 Å². The van der Waals surface area contributed by atoms with Gasteiger partial charge < -0.3 is 19.5 Å². The third-order valence-corrected chi connectivity index (χ3v) is 5.15. The number of ether oxygens (including phenoxy) is 2. The number of fused-ring (bicyclic) bond motifs is 1. The number of hydrogen-bond donors (Lipinski definition) is 1. The van der Waals surface area contributed by atoms with Crippen LogP contribution in [-0.2, 0) is 24.7 Å². The summed E-state index contributed by atoms with van der Waals surface area (Å²) in [5.74, 6) is -3.81. The second-order valence-electron chi connectivity index (χ2n) is 5.92. The van der Waals surface area contributed by atoms with Gasteiger partial charge in [0.05, 0.1) is 31.6 Å². The Balaban J connectivity index is 3.09. The molecule has 0 saturated carbocycles. The molecule has 2 unspecified atom stereocenters. The molecule has 8 nitrogen and oxygen atoms in total. The molecule has 1 aromatic heterocycles. The highest BCUT2D eigenvalue weighted by molar-refractivity contribution is 6.34. The van der Waals surface area contributed by atoms with E-state index in [1.54, 1.807) is 4.90 Å². The van der Waals surface area contributed by atoms with Crippen molar-refractivity contribution in [3.05, 3.63) is 33.1 Å². The summed E-state index contributed by atoms with van der Waals surface area (Å²) in [7, 11) is 2.14. The molecule has 1 aliphatic rings. The van der Waals surface area contributed by atoms with E-state index in [1.165, 1.54) is 6.07 Å². The molecule has 0 aliphatic heterocycles. The van der Waals surface area contributed by atoms with E-state index in [0.29, 0.717) is 13.1 Å². The van der Waals surface area contributed by atoms with E-state index in [0.717, 1.165) is 14.2 Å². The fourth-order valence-corrected chi connectivity index (χ4v) is 3.94. The first kappa shape index (κ1) is 22.0. The molecule has 10 heteroatoms. The first-order valence-electron chi connectivity index (χ1n) is 8.37. The Bertz CT molecular complexity index is 892. The minimum absolute atomic E-state index is 0.0827. The fourth-order valence-electron chi connectivity index (χ4n) is 3.42. The van der Waals surface area contributed by atoms with E-state index in [2.05, 4.69) is 4.98 Å². The Kier molecular flexibility index (Phi) is 6.55. The van der Waals surface area contributed by atoms with Crippen molar-refractivity contribution in [3.63, 3.8) is 0 Å². The molecule has 2 rings (SSSR count). The van der Waals surface area contributed by atoms with Gasteiger partial charge in [-0.2, -0.15) is 5.26 Å². The van der Waals surface area contributed by atoms with Crippen molar-refractivity contribution >= 4 is 40.8 Å². The topological polar surface area (TPSA) is 113 Å². The maximum atomic E-state index is 12.6. The Labute approximate surface area is 172 Å². The summed E-state index contributed by atoms with van der Waals surface area (Å²) >= 11 is 12.3. The van der Waals surface area contributed by atoms with Crippen molar-refractivity contribution in [2.75, 3.05) is 27.3 Å². The third kappa shape index (κ3) is 3.20. The highest BCUT2D eigenvalue weighted by atomic mass is 35.5. The summed E-state index contributed by atoms with van der Waals surface area (Å²) < 4.78 is 9.54. The van der Waals surface area contributed by atoms with E-state index < -0.39 is 23.5 Å². The molecule has 1 N–H and O–H groups in total. The lowest BCUT2D eigenvalue weighted by Crippen LogP contribution is -2.52. The van der Waals surface area contributed by atoms with Crippen LogP contribution in [0.3, 0.4) is 0 Å². The van der Waals surface area contributed by atoms with Gasteiger partial charge in [-0.15, -0.1) is 0 Å². The minimum Gasteiger partial charge on any atom is -0.468 e. The van der Waals surface area contributed by atoms with Crippen molar-refractivity contribution in [3.8, 4) is 6.07 Å². The Hall–Kier alpha value is -2.34. The molecule has 0 spiro atoms. The maximum Gasteiger partial charge on any atom is 0.343 e. The van der Waals surface area contributed by atoms with Crippen molar-refractivity contribution in [1.29, 1.82) is 5.26 Å². The summed E-state index contributed by atoms with van der Waals surface area (Å²) in [6.45, 7) is 4.60. The van der Waals surface area contributed by atoms with E-state index in [-0.39, 0.29) is 32.7 Å². The number of esters is 2. The number of carbonyl (C=O) groups excluding carboxylic acids is 2. The van der Waals surface area contributed by atoms with E-state index in [9.17, 15) is 20.0 Å². The lowest BCUT2D eigenvalue weighted by Gasteiger charge is -2.41. The van der Waals surface area contributed by atoms with Gasteiger partial charge in [-0.25, -0.2) is 9.78 Å². The summed E-state index contributed by atoms with van der Waals surface area (Å²) in [5.41, 5.74) is -2.42. The number of methoxy groups -OCH3 is 2. The van der Waals surface area contributed by atoms with Gasteiger partial charge >= 0.3 is 11.9 Å². The van der Waals surface area contributed by atoms with Gasteiger partial charge in [0.25, 0.3) is 0 Å². The van der Waals surface area contributed by atoms with Gasteiger partial charge in [-0.05, 0) is 19.9 Å². The van der Waals surface area contributed by atoms with Gasteiger partial charge in [-0.1, -0.05) is 23.2 Å². The molecule has 150 valence electrons. The number of pyridine rings is 1. The highest BCUT2D eigenvalue weighted by Crippen LogP contribution is 2.49. The summed E-state index contributed by atoms with van der Waals surface area (Å²) in [4.78, 5) is 31.0. The lowest BCUT2D eigenvalue weighted by atomic mass is 9.70. The standard InChI is InChI=1S/C18H19Cl2N3O5/c1-5-23(6-2)14-9(8-21)13(16(24)27-3)18(26,17(25)28-4)10-7-11(19)22-15(20)12(10)14/h7,13,26H,5-6H2,1-4H3. The third-order valence-electron chi connectivity index (χ3n) is 4.69. The molecule has 28 heavy (non-hydrogen) atoms. The predicted octanol–water partition coefficient (Wildman–Crippen LogP) is 2.13. The second kappa shape index (κ2) is 8.35. The zero-order chi connectivity index (χ0) is 21.2. The van der Waals surface area contributed by atoms with Crippen molar-refractivity contribution in [1.82, 2.24) is 9.88 Å². The Morgan fingerprint density at radius 1 is 1.32 bits per heavy atom. The molecule has 0 saturated heterocycles. The minimum atomic E-state index is -2.57. The molecule has 1 aliphatic carbocycles. The first-order valence-corrected chi connectivity index (χ1v) is 9.12. The predicted molar refractivity (Wildman–Crippen MR) is 101 cm³/mol. The van der Waals surface area contributed by atoms with Crippen LogP contribution in [0.2, 0.25) is 10.3 Å². The lowest BCUT2D eigenvalue weighted by molar-refractivity contribution is -0.177. The monoisotopic (exact) mass is 427 g/mol. The van der Waals surface area contributed by atoms with Crippen LogP contribution in [0.25, 0.3) is 5.70 Å². The molecular formula is C18H19Cl2N3O5. The molecule has 0 aromatic carbocycles. The SMILES string of the molecule is CCN(CC)C1=C(C#N)C(C(=O)OC)C(O)(C(=O)OC)c2cc(Cl)nc(Cl)c21. The number of nitriles is 1. The normalized spacial score (nSPS) is 20.9. The van der Waals surface area contributed by atoms with Gasteiger partial charge in [0.15, 0.2) is 0 Å². The molecule has 0 bridgehead atoms. The summed E-state index contributed by atoms with van der Waals surface area (Å²) in [6, 6.07) is 3.16. The Morgan fingerprint density at radius 3 is 2.39 bits per heavy atom. The van der Waals surface area contributed by atoms with Crippen molar-refractivity contribution in [2.45, 2.75) is 19.4 Å². The molecule has 0 radical (unpaired) electrons. The number of halogens is 2. The van der Waals surface area contributed by atoms with Crippen LogP contribution in [0.5, 0.6) is 0 Å². The van der Waals surface area contributed by atoms with Gasteiger partial charge in [0, 0.05) is 24.2 Å². The molecular weight excluding hydrogens is 409 g/mol. The van der Waals surface area contributed by atoms with E-state index in [4.69, 9.17) is 32.7 Å².